The molecule has 0 amide bonds. The van der Waals surface area contributed by atoms with Crippen LogP contribution >= 0.6 is 11.6 Å². The molecule has 0 spiro atoms. The zero-order valence-corrected chi connectivity index (χ0v) is 10.8. The molecule has 0 aliphatic carbocycles. The van der Waals surface area contributed by atoms with Gasteiger partial charge in [0.1, 0.15) is 5.82 Å². The molecule has 1 aromatic carbocycles. The van der Waals surface area contributed by atoms with Gasteiger partial charge in [-0.1, -0.05) is 44.0 Å². The molecule has 1 aromatic rings. The summed E-state index contributed by atoms with van der Waals surface area (Å²) >= 11 is 5.76. The third-order valence-electron chi connectivity index (χ3n) is 3.17. The first kappa shape index (κ1) is 13.5. The van der Waals surface area contributed by atoms with Gasteiger partial charge in [0.15, 0.2) is 0 Å². The lowest BCUT2D eigenvalue weighted by Gasteiger charge is -2.22. The first-order valence-corrected chi connectivity index (χ1v) is 6.08. The first-order valence-electron chi connectivity index (χ1n) is 5.70. The number of benzene rings is 1. The molecule has 0 saturated heterocycles. The second-order valence-corrected chi connectivity index (χ2v) is 4.60. The van der Waals surface area contributed by atoms with Crippen LogP contribution in [0.4, 0.5) is 4.39 Å². The van der Waals surface area contributed by atoms with E-state index >= 15 is 0 Å². The molecule has 0 aromatic heterocycles. The Kier molecular flexibility index (Phi) is 5.23. The minimum Gasteiger partial charge on any atom is -0.316 e. The number of rotatable bonds is 5. The van der Waals surface area contributed by atoms with Crippen molar-refractivity contribution in [3.8, 4) is 0 Å². The van der Waals surface area contributed by atoms with Gasteiger partial charge in [0.25, 0.3) is 0 Å². The Morgan fingerprint density at radius 3 is 2.69 bits per heavy atom. The number of halogens is 2. The Morgan fingerprint density at radius 1 is 1.44 bits per heavy atom. The van der Waals surface area contributed by atoms with Crippen molar-refractivity contribution in [3.63, 3.8) is 0 Å². The van der Waals surface area contributed by atoms with Gasteiger partial charge in [-0.15, -0.1) is 0 Å². The van der Waals surface area contributed by atoms with E-state index in [9.17, 15) is 4.39 Å². The largest absolute Gasteiger partial charge is 0.316 e. The fraction of sp³-hybridized carbons (Fsp3) is 0.538. The van der Waals surface area contributed by atoms with Crippen LogP contribution in [0, 0.1) is 11.7 Å². The molecule has 0 saturated carbocycles. The van der Waals surface area contributed by atoms with Crippen molar-refractivity contribution in [1.82, 2.24) is 5.32 Å². The molecule has 0 fully saturated rings. The van der Waals surface area contributed by atoms with E-state index in [1.165, 1.54) is 0 Å². The smallest absolute Gasteiger partial charge is 0.145 e. The second-order valence-electron chi connectivity index (χ2n) is 4.20. The molecule has 0 bridgehead atoms. The van der Waals surface area contributed by atoms with Crippen molar-refractivity contribution >= 4 is 11.6 Å². The molecular weight excluding hydrogens is 225 g/mol. The van der Waals surface area contributed by atoms with Gasteiger partial charge in [0, 0.05) is 6.04 Å². The molecule has 1 nitrogen and oxygen atoms in total. The summed E-state index contributed by atoms with van der Waals surface area (Å²) in [5, 5.41) is 3.44. The lowest BCUT2D eigenvalue weighted by Crippen LogP contribution is -2.34. The summed E-state index contributed by atoms with van der Waals surface area (Å²) in [4.78, 5) is 0. The highest BCUT2D eigenvalue weighted by Crippen LogP contribution is 2.21. The summed E-state index contributed by atoms with van der Waals surface area (Å²) in [6.45, 7) is 4.31. The topological polar surface area (TPSA) is 12.0 Å². The summed E-state index contributed by atoms with van der Waals surface area (Å²) in [7, 11) is 1.92. The Balaban J connectivity index is 2.82. The lowest BCUT2D eigenvalue weighted by atomic mass is 9.93. The van der Waals surface area contributed by atoms with Crippen molar-refractivity contribution < 1.29 is 4.39 Å². The van der Waals surface area contributed by atoms with Crippen molar-refractivity contribution in [2.24, 2.45) is 5.92 Å². The van der Waals surface area contributed by atoms with Gasteiger partial charge in [-0.25, -0.2) is 4.39 Å². The van der Waals surface area contributed by atoms with E-state index in [4.69, 9.17) is 11.6 Å². The summed E-state index contributed by atoms with van der Waals surface area (Å²) in [5.74, 6) is 0.233. The Labute approximate surface area is 102 Å². The van der Waals surface area contributed by atoms with E-state index in [0.717, 1.165) is 6.42 Å². The van der Waals surface area contributed by atoms with E-state index in [0.29, 0.717) is 17.9 Å². The van der Waals surface area contributed by atoms with E-state index in [1.807, 2.05) is 7.05 Å². The van der Waals surface area contributed by atoms with E-state index in [1.54, 1.807) is 18.2 Å². The van der Waals surface area contributed by atoms with Crippen LogP contribution in [0.2, 0.25) is 5.02 Å². The third kappa shape index (κ3) is 3.19. The fourth-order valence-corrected chi connectivity index (χ4v) is 2.01. The highest BCUT2D eigenvalue weighted by molar-refractivity contribution is 6.30. The van der Waals surface area contributed by atoms with Crippen LogP contribution in [0.15, 0.2) is 18.2 Å². The predicted octanol–water partition coefficient (Wildman–Crippen LogP) is 3.66. The number of likely N-dealkylation sites (N-methyl/N-ethyl adjacent to an activating group) is 1. The van der Waals surface area contributed by atoms with Gasteiger partial charge in [-0.05, 0) is 31.0 Å². The minimum atomic E-state index is -0.285. The third-order valence-corrected chi connectivity index (χ3v) is 3.46. The van der Waals surface area contributed by atoms with Gasteiger partial charge in [-0.3, -0.25) is 0 Å². The quantitative estimate of drug-likeness (QED) is 0.832. The van der Waals surface area contributed by atoms with Crippen LogP contribution in [0.3, 0.4) is 0 Å². The van der Waals surface area contributed by atoms with Crippen LogP contribution in [0.25, 0.3) is 0 Å². The second kappa shape index (κ2) is 6.21. The highest BCUT2D eigenvalue weighted by atomic mass is 35.5. The summed E-state index contributed by atoms with van der Waals surface area (Å²) < 4.78 is 13.7. The van der Waals surface area contributed by atoms with Crippen molar-refractivity contribution in [2.45, 2.75) is 32.7 Å². The normalized spacial score (nSPS) is 14.8. The molecule has 1 N–H and O–H groups in total. The van der Waals surface area contributed by atoms with Gasteiger partial charge >= 0.3 is 0 Å². The lowest BCUT2D eigenvalue weighted by molar-refractivity contribution is 0.382. The Morgan fingerprint density at radius 2 is 2.12 bits per heavy atom. The zero-order chi connectivity index (χ0) is 12.1. The maximum atomic E-state index is 13.7. The molecule has 2 unspecified atom stereocenters. The molecule has 1 rings (SSSR count). The number of hydrogen-bond acceptors (Lipinski definition) is 1. The zero-order valence-electron chi connectivity index (χ0n) is 10.1. The standard InChI is InChI=1S/C13H19ClFN/c1-4-9(2)12(16-3)8-10-6-5-7-11(14)13(10)15/h5-7,9,12,16H,4,8H2,1-3H3. The summed E-state index contributed by atoms with van der Waals surface area (Å²) in [6, 6.07) is 5.47. The van der Waals surface area contributed by atoms with Crippen LogP contribution in [-0.2, 0) is 6.42 Å². The van der Waals surface area contributed by atoms with E-state index in [-0.39, 0.29) is 16.9 Å². The molecule has 16 heavy (non-hydrogen) atoms. The fourth-order valence-electron chi connectivity index (χ4n) is 1.82. The molecule has 0 aliphatic heterocycles. The van der Waals surface area contributed by atoms with Crippen molar-refractivity contribution in [3.05, 3.63) is 34.6 Å². The molecular formula is C13H19ClFN. The van der Waals surface area contributed by atoms with Gasteiger partial charge in [-0.2, -0.15) is 0 Å². The van der Waals surface area contributed by atoms with E-state index in [2.05, 4.69) is 19.2 Å². The first-order chi connectivity index (χ1) is 7.60. The Hall–Kier alpha value is -0.600. The molecule has 0 radical (unpaired) electrons. The van der Waals surface area contributed by atoms with Crippen LogP contribution in [0.1, 0.15) is 25.8 Å². The molecule has 3 heteroatoms. The van der Waals surface area contributed by atoms with Crippen molar-refractivity contribution in [2.75, 3.05) is 7.05 Å². The monoisotopic (exact) mass is 243 g/mol. The van der Waals surface area contributed by atoms with Gasteiger partial charge in [0.2, 0.25) is 0 Å². The number of nitrogens with one attached hydrogen (secondary N) is 1. The van der Waals surface area contributed by atoms with Gasteiger partial charge in [0.05, 0.1) is 5.02 Å². The van der Waals surface area contributed by atoms with Gasteiger partial charge < -0.3 is 5.32 Å². The SMILES string of the molecule is CCC(C)C(Cc1cccc(Cl)c1F)NC. The minimum absolute atomic E-state index is 0.205. The maximum Gasteiger partial charge on any atom is 0.145 e. The van der Waals surface area contributed by atoms with Crippen LogP contribution in [0.5, 0.6) is 0 Å². The van der Waals surface area contributed by atoms with Crippen LogP contribution in [-0.4, -0.2) is 13.1 Å². The maximum absolute atomic E-state index is 13.7. The number of hydrogen-bond donors (Lipinski definition) is 1. The predicted molar refractivity (Wildman–Crippen MR) is 67.4 cm³/mol. The molecule has 90 valence electrons. The molecule has 0 aliphatic rings. The average Bonchev–Trinajstić information content (AvgIpc) is 2.30. The highest BCUT2D eigenvalue weighted by Gasteiger charge is 2.16. The molecule has 0 heterocycles. The average molecular weight is 244 g/mol. The van der Waals surface area contributed by atoms with Crippen molar-refractivity contribution in [1.29, 1.82) is 0 Å². The summed E-state index contributed by atoms with van der Waals surface area (Å²) in [6.07, 6.45) is 1.76. The summed E-state index contributed by atoms with van der Waals surface area (Å²) in [5.41, 5.74) is 0.687. The molecule has 2 atom stereocenters. The van der Waals surface area contributed by atoms with E-state index < -0.39 is 0 Å². The van der Waals surface area contributed by atoms with Crippen LogP contribution < -0.4 is 5.32 Å². The Bertz CT molecular complexity index is 341.